The summed E-state index contributed by atoms with van der Waals surface area (Å²) in [6, 6.07) is 22.9. The third kappa shape index (κ3) is 7.33. The van der Waals surface area contributed by atoms with E-state index in [0.717, 1.165) is 40.8 Å². The number of H-pyrrole nitrogens is 1. The number of anilines is 2. The standard InChI is InChI=1S/C37H40N10O3/c38-12-15-41-36(49)27-4-1-3-26(21-27)34-31-22-29(7-10-32(31)43-44-34)42-37(50)28-11-16-45(23-28)24-33(48)47-19-17-46(18-20-47)30-8-5-25(6-9-30)35-39-13-2-14-40-35/h1-10,13-14,21-22,28H,11-12,15-20,23-24,38H2,(H,41,49)(H,42,50)(H,43,44)/t28-/m1/s1. The van der Waals surface area contributed by atoms with Gasteiger partial charge in [0, 0.05) is 91.7 Å². The number of benzene rings is 3. The lowest BCUT2D eigenvalue weighted by atomic mass is 10.0. The van der Waals surface area contributed by atoms with Gasteiger partial charge in [-0.3, -0.25) is 24.4 Å². The highest BCUT2D eigenvalue weighted by atomic mass is 16.2. The molecule has 0 saturated carbocycles. The third-order valence-electron chi connectivity index (χ3n) is 9.35. The molecule has 2 aliphatic heterocycles. The van der Waals surface area contributed by atoms with Gasteiger partial charge in [0.25, 0.3) is 5.91 Å². The Kier molecular flexibility index (Phi) is 9.76. The Hall–Kier alpha value is -5.66. The molecule has 3 amide bonds. The number of carbonyl (C=O) groups excluding carboxylic acids is 3. The normalized spacial score (nSPS) is 16.5. The van der Waals surface area contributed by atoms with Crippen LogP contribution >= 0.6 is 0 Å². The summed E-state index contributed by atoms with van der Waals surface area (Å²) in [5, 5.41) is 14.2. The Bertz CT molecular complexity index is 1970. The molecule has 0 bridgehead atoms. The van der Waals surface area contributed by atoms with Crippen LogP contribution < -0.4 is 21.3 Å². The van der Waals surface area contributed by atoms with Gasteiger partial charge in [-0.15, -0.1) is 0 Å². The van der Waals surface area contributed by atoms with E-state index in [9.17, 15) is 14.4 Å². The van der Waals surface area contributed by atoms with Crippen molar-refractivity contribution in [1.82, 2.24) is 35.3 Å². The second kappa shape index (κ2) is 14.8. The van der Waals surface area contributed by atoms with Crippen molar-refractivity contribution in [2.45, 2.75) is 6.42 Å². The van der Waals surface area contributed by atoms with Crippen LogP contribution in [0.25, 0.3) is 33.5 Å². The summed E-state index contributed by atoms with van der Waals surface area (Å²) in [5.74, 6) is 0.318. The summed E-state index contributed by atoms with van der Waals surface area (Å²) >= 11 is 0. The number of amides is 3. The summed E-state index contributed by atoms with van der Waals surface area (Å²) in [6.45, 7) is 5.13. The first-order chi connectivity index (χ1) is 24.4. The van der Waals surface area contributed by atoms with Gasteiger partial charge in [0.15, 0.2) is 5.82 Å². The lowest BCUT2D eigenvalue weighted by Gasteiger charge is -2.36. The number of hydrogen-bond acceptors (Lipinski definition) is 9. The first kappa shape index (κ1) is 32.9. The van der Waals surface area contributed by atoms with Gasteiger partial charge in [0.1, 0.15) is 0 Å². The van der Waals surface area contributed by atoms with E-state index in [1.54, 1.807) is 30.6 Å². The van der Waals surface area contributed by atoms with Crippen molar-refractivity contribution in [3.8, 4) is 22.6 Å². The molecule has 2 aliphatic rings. The number of aromatic amines is 1. The van der Waals surface area contributed by atoms with Crippen LogP contribution in [0.2, 0.25) is 0 Å². The van der Waals surface area contributed by atoms with Crippen LogP contribution in [0.15, 0.2) is 85.2 Å². The number of likely N-dealkylation sites (tertiary alicyclic amines) is 1. The van der Waals surface area contributed by atoms with E-state index in [1.807, 2.05) is 47.4 Å². The largest absolute Gasteiger partial charge is 0.368 e. The molecular weight excluding hydrogens is 632 g/mol. The van der Waals surface area contributed by atoms with Gasteiger partial charge in [-0.2, -0.15) is 5.10 Å². The monoisotopic (exact) mass is 672 g/mol. The zero-order valence-electron chi connectivity index (χ0n) is 27.7. The number of fused-ring (bicyclic) bond motifs is 1. The van der Waals surface area contributed by atoms with Gasteiger partial charge in [-0.05, 0) is 73.6 Å². The predicted molar refractivity (Wildman–Crippen MR) is 192 cm³/mol. The lowest BCUT2D eigenvalue weighted by Crippen LogP contribution is -2.51. The van der Waals surface area contributed by atoms with Crippen LogP contribution in [0.3, 0.4) is 0 Å². The fraction of sp³-hybridized carbons (Fsp3) is 0.297. The van der Waals surface area contributed by atoms with E-state index in [2.05, 4.69) is 52.7 Å². The molecule has 1 atom stereocenters. The number of piperazine rings is 1. The van der Waals surface area contributed by atoms with E-state index >= 15 is 0 Å². The number of rotatable bonds is 10. The molecule has 2 fully saturated rings. The molecule has 0 unspecified atom stereocenters. The van der Waals surface area contributed by atoms with Crippen molar-refractivity contribution in [3.63, 3.8) is 0 Å². The third-order valence-corrected chi connectivity index (χ3v) is 9.35. The smallest absolute Gasteiger partial charge is 0.251 e. The van der Waals surface area contributed by atoms with Crippen LogP contribution in [0.1, 0.15) is 16.8 Å². The highest BCUT2D eigenvalue weighted by Gasteiger charge is 2.31. The first-order valence-electron chi connectivity index (χ1n) is 17.0. The van der Waals surface area contributed by atoms with E-state index < -0.39 is 0 Å². The highest BCUT2D eigenvalue weighted by molar-refractivity contribution is 6.00. The summed E-state index contributed by atoms with van der Waals surface area (Å²) in [4.78, 5) is 54.0. The van der Waals surface area contributed by atoms with Gasteiger partial charge < -0.3 is 26.2 Å². The minimum atomic E-state index is -0.216. The molecule has 0 aliphatic carbocycles. The van der Waals surface area contributed by atoms with Crippen molar-refractivity contribution < 1.29 is 14.4 Å². The summed E-state index contributed by atoms with van der Waals surface area (Å²) in [6.07, 6.45) is 4.16. The van der Waals surface area contributed by atoms with E-state index in [0.29, 0.717) is 75.0 Å². The van der Waals surface area contributed by atoms with Crippen LogP contribution in [0.4, 0.5) is 11.4 Å². The van der Waals surface area contributed by atoms with Crippen LogP contribution in [-0.4, -0.2) is 107 Å². The number of nitrogens with two attached hydrogens (primary N) is 1. The van der Waals surface area contributed by atoms with Crippen molar-refractivity contribution >= 4 is 40.0 Å². The molecular formula is C37H40N10O3. The molecule has 256 valence electrons. The number of hydrogen-bond donors (Lipinski definition) is 4. The Morgan fingerprint density at radius 1 is 0.880 bits per heavy atom. The van der Waals surface area contributed by atoms with Gasteiger partial charge in [0.05, 0.1) is 23.7 Å². The molecule has 3 aromatic carbocycles. The Morgan fingerprint density at radius 2 is 1.68 bits per heavy atom. The van der Waals surface area contributed by atoms with Gasteiger partial charge in [0.2, 0.25) is 11.8 Å². The summed E-state index contributed by atoms with van der Waals surface area (Å²) in [7, 11) is 0. The molecule has 13 heteroatoms. The number of nitrogens with zero attached hydrogens (tertiary/aromatic N) is 6. The van der Waals surface area contributed by atoms with Crippen molar-refractivity contribution in [2.24, 2.45) is 11.7 Å². The maximum Gasteiger partial charge on any atom is 0.251 e. The van der Waals surface area contributed by atoms with Crippen molar-refractivity contribution in [2.75, 3.05) is 69.1 Å². The van der Waals surface area contributed by atoms with Crippen molar-refractivity contribution in [3.05, 3.63) is 90.8 Å². The molecule has 50 heavy (non-hydrogen) atoms. The van der Waals surface area contributed by atoms with Gasteiger partial charge in [-0.1, -0.05) is 12.1 Å². The Balaban J connectivity index is 0.906. The fourth-order valence-corrected chi connectivity index (χ4v) is 6.62. The van der Waals surface area contributed by atoms with E-state index in [4.69, 9.17) is 5.73 Å². The first-order valence-corrected chi connectivity index (χ1v) is 17.0. The number of nitrogens with one attached hydrogen (secondary N) is 3. The highest BCUT2D eigenvalue weighted by Crippen LogP contribution is 2.30. The van der Waals surface area contributed by atoms with Crippen LogP contribution in [0, 0.1) is 5.92 Å². The van der Waals surface area contributed by atoms with Gasteiger partial charge >= 0.3 is 0 Å². The zero-order valence-corrected chi connectivity index (χ0v) is 27.7. The fourth-order valence-electron chi connectivity index (χ4n) is 6.62. The zero-order chi connectivity index (χ0) is 34.5. The van der Waals surface area contributed by atoms with Gasteiger partial charge in [-0.25, -0.2) is 9.97 Å². The number of aromatic nitrogens is 4. The SMILES string of the molecule is NCCNC(=O)c1cccc(-c2n[nH]c3ccc(NC(=O)[C@@H]4CCN(CC(=O)N5CCN(c6ccc(-c7ncccn7)cc6)CC5)C4)cc23)c1. The maximum atomic E-state index is 13.3. The lowest BCUT2D eigenvalue weighted by molar-refractivity contribution is -0.132. The Labute approximate surface area is 289 Å². The Morgan fingerprint density at radius 3 is 2.46 bits per heavy atom. The van der Waals surface area contributed by atoms with Crippen molar-refractivity contribution in [1.29, 1.82) is 0 Å². The van der Waals surface area contributed by atoms with Crippen LogP contribution in [-0.2, 0) is 9.59 Å². The average molecular weight is 673 g/mol. The average Bonchev–Trinajstić information content (AvgIpc) is 3.82. The summed E-state index contributed by atoms with van der Waals surface area (Å²) < 4.78 is 0. The number of carbonyl (C=O) groups is 3. The molecule has 0 radical (unpaired) electrons. The predicted octanol–water partition coefficient (Wildman–Crippen LogP) is 2.98. The quantitative estimate of drug-likeness (QED) is 0.175. The molecule has 2 saturated heterocycles. The molecule has 13 nitrogen and oxygen atoms in total. The molecule has 5 N–H and O–H groups in total. The minimum Gasteiger partial charge on any atom is -0.368 e. The van der Waals surface area contributed by atoms with E-state index in [1.165, 1.54) is 0 Å². The second-order valence-electron chi connectivity index (χ2n) is 12.7. The molecule has 2 aromatic heterocycles. The minimum absolute atomic E-state index is 0.0682. The molecule has 7 rings (SSSR count). The van der Waals surface area contributed by atoms with E-state index in [-0.39, 0.29) is 23.6 Å². The maximum absolute atomic E-state index is 13.3. The second-order valence-corrected chi connectivity index (χ2v) is 12.7. The topological polar surface area (TPSA) is 165 Å². The molecule has 5 aromatic rings. The molecule has 0 spiro atoms. The molecule has 4 heterocycles. The van der Waals surface area contributed by atoms with Crippen LogP contribution in [0.5, 0.6) is 0 Å². The summed E-state index contributed by atoms with van der Waals surface area (Å²) in [5.41, 5.74) is 11.1.